The average Bonchev–Trinajstić information content (AvgIpc) is 2.65. The summed E-state index contributed by atoms with van der Waals surface area (Å²) in [5.41, 5.74) is 0. The Kier molecular flexibility index (Phi) is 5.32. The molecule has 116 valence electrons. The molecule has 2 unspecified atom stereocenters. The van der Waals surface area contributed by atoms with E-state index in [1.165, 1.54) is 19.3 Å². The van der Waals surface area contributed by atoms with Crippen molar-refractivity contribution in [2.24, 2.45) is 0 Å². The van der Waals surface area contributed by atoms with E-state index >= 15 is 0 Å². The number of piperidine rings is 1. The molecule has 0 radical (unpaired) electrons. The fourth-order valence-electron chi connectivity index (χ4n) is 2.92. The van der Waals surface area contributed by atoms with Gasteiger partial charge in [-0.1, -0.05) is 6.42 Å². The van der Waals surface area contributed by atoms with Crippen molar-refractivity contribution in [3.63, 3.8) is 0 Å². The number of hydrogen-bond acceptors (Lipinski definition) is 4. The number of cyclic esters (lactones) is 1. The maximum Gasteiger partial charge on any atom is 0.377 e. The Hall–Kier alpha value is -0.750. The van der Waals surface area contributed by atoms with Gasteiger partial charge in [-0.15, -0.1) is 0 Å². The zero-order valence-electron chi connectivity index (χ0n) is 12.0. The predicted octanol–water partition coefficient (Wildman–Crippen LogP) is 1.79. The van der Waals surface area contributed by atoms with Crippen LogP contribution >= 0.6 is 0 Å². The van der Waals surface area contributed by atoms with Crippen molar-refractivity contribution < 1.29 is 18.3 Å². The molecule has 2 rings (SSSR count). The van der Waals surface area contributed by atoms with Crippen LogP contribution in [0.1, 0.15) is 39.0 Å². The zero-order chi connectivity index (χ0) is 14.6. The van der Waals surface area contributed by atoms with Crippen LogP contribution in [0.25, 0.3) is 0 Å². The molecule has 1 N–H and O–H groups in total. The van der Waals surface area contributed by atoms with Crippen LogP contribution in [-0.2, 0) is 9.53 Å². The predicted molar refractivity (Wildman–Crippen MR) is 71.8 cm³/mol. The van der Waals surface area contributed by atoms with Gasteiger partial charge in [0, 0.05) is 12.6 Å². The molecule has 2 aliphatic rings. The number of carbonyl (C=O) groups excluding carboxylic acids is 1. The molecule has 0 aromatic carbocycles. The fourth-order valence-corrected chi connectivity index (χ4v) is 2.92. The van der Waals surface area contributed by atoms with Crippen LogP contribution in [0.15, 0.2) is 0 Å². The maximum absolute atomic E-state index is 12.9. The van der Waals surface area contributed by atoms with E-state index in [-0.39, 0.29) is 0 Å². The maximum atomic E-state index is 12.9. The molecule has 4 nitrogen and oxygen atoms in total. The first kappa shape index (κ1) is 15.6. The van der Waals surface area contributed by atoms with Gasteiger partial charge < -0.3 is 15.0 Å². The number of alkyl halides is 2. The number of rotatable bonds is 6. The van der Waals surface area contributed by atoms with Crippen molar-refractivity contribution in [2.75, 3.05) is 26.2 Å². The first-order valence-corrected chi connectivity index (χ1v) is 7.53. The molecule has 2 atom stereocenters. The van der Waals surface area contributed by atoms with E-state index in [1.54, 1.807) is 0 Å². The number of halogens is 2. The van der Waals surface area contributed by atoms with Gasteiger partial charge in [0.05, 0.1) is 6.42 Å². The van der Waals surface area contributed by atoms with Crippen LogP contribution < -0.4 is 5.32 Å². The molecule has 2 saturated heterocycles. The van der Waals surface area contributed by atoms with Crippen LogP contribution in [0.2, 0.25) is 0 Å². The Bertz CT molecular complexity index is 339. The SMILES string of the molecule is CC1CCCCN1CCCNCC1CC(F)(F)C(=O)O1. The molecule has 0 saturated carbocycles. The van der Waals surface area contributed by atoms with E-state index in [0.717, 1.165) is 26.1 Å². The Morgan fingerprint density at radius 2 is 2.25 bits per heavy atom. The highest BCUT2D eigenvalue weighted by atomic mass is 19.3. The van der Waals surface area contributed by atoms with Crippen molar-refractivity contribution in [1.82, 2.24) is 10.2 Å². The molecule has 0 spiro atoms. The summed E-state index contributed by atoms with van der Waals surface area (Å²) in [6.07, 6.45) is 3.65. The molecular formula is C14H24F2N2O2. The summed E-state index contributed by atoms with van der Waals surface area (Å²) in [4.78, 5) is 13.3. The molecule has 6 heteroatoms. The number of likely N-dealkylation sites (tertiary alicyclic amines) is 1. The van der Waals surface area contributed by atoms with Gasteiger partial charge in [-0.25, -0.2) is 4.79 Å². The number of nitrogens with zero attached hydrogens (tertiary/aromatic N) is 1. The van der Waals surface area contributed by atoms with Gasteiger partial charge in [0.1, 0.15) is 6.10 Å². The lowest BCUT2D eigenvalue weighted by Crippen LogP contribution is -2.39. The summed E-state index contributed by atoms with van der Waals surface area (Å²) >= 11 is 0. The van der Waals surface area contributed by atoms with Gasteiger partial charge in [-0.3, -0.25) is 0 Å². The van der Waals surface area contributed by atoms with E-state index < -0.39 is 24.4 Å². The van der Waals surface area contributed by atoms with Gasteiger partial charge in [-0.05, 0) is 45.8 Å². The number of carbonyl (C=O) groups is 1. The van der Waals surface area contributed by atoms with Gasteiger partial charge in [-0.2, -0.15) is 8.78 Å². The Morgan fingerprint density at radius 3 is 2.90 bits per heavy atom. The van der Waals surface area contributed by atoms with E-state index in [1.807, 2.05) is 0 Å². The van der Waals surface area contributed by atoms with Crippen LogP contribution in [0.5, 0.6) is 0 Å². The summed E-state index contributed by atoms with van der Waals surface area (Å²) in [6.45, 7) is 5.54. The molecular weight excluding hydrogens is 266 g/mol. The second-order valence-corrected chi connectivity index (χ2v) is 5.87. The molecule has 2 aliphatic heterocycles. The third-order valence-corrected chi connectivity index (χ3v) is 4.17. The third kappa shape index (κ3) is 4.12. The summed E-state index contributed by atoms with van der Waals surface area (Å²) < 4.78 is 30.5. The summed E-state index contributed by atoms with van der Waals surface area (Å²) in [7, 11) is 0. The number of esters is 1. The van der Waals surface area contributed by atoms with Gasteiger partial charge in [0.25, 0.3) is 0 Å². The van der Waals surface area contributed by atoms with Crippen molar-refractivity contribution >= 4 is 5.97 Å². The molecule has 2 fully saturated rings. The molecule has 0 aromatic heterocycles. The van der Waals surface area contributed by atoms with Crippen LogP contribution in [-0.4, -0.2) is 55.1 Å². The van der Waals surface area contributed by atoms with E-state index in [0.29, 0.717) is 12.6 Å². The second kappa shape index (κ2) is 6.80. The smallest absolute Gasteiger partial charge is 0.377 e. The van der Waals surface area contributed by atoms with Crippen molar-refractivity contribution in [3.05, 3.63) is 0 Å². The summed E-state index contributed by atoms with van der Waals surface area (Å²) in [5, 5.41) is 3.10. The molecule has 20 heavy (non-hydrogen) atoms. The van der Waals surface area contributed by atoms with E-state index in [2.05, 4.69) is 21.9 Å². The lowest BCUT2D eigenvalue weighted by Gasteiger charge is -2.33. The van der Waals surface area contributed by atoms with E-state index in [9.17, 15) is 13.6 Å². The number of ether oxygens (including phenoxy) is 1. The summed E-state index contributed by atoms with van der Waals surface area (Å²) in [6, 6.07) is 0.651. The van der Waals surface area contributed by atoms with Crippen LogP contribution in [0.4, 0.5) is 8.78 Å². The van der Waals surface area contributed by atoms with Gasteiger partial charge in [0.2, 0.25) is 0 Å². The molecule has 2 heterocycles. The first-order valence-electron chi connectivity index (χ1n) is 7.53. The van der Waals surface area contributed by atoms with Crippen LogP contribution in [0.3, 0.4) is 0 Å². The molecule has 0 bridgehead atoms. The van der Waals surface area contributed by atoms with E-state index in [4.69, 9.17) is 0 Å². The van der Waals surface area contributed by atoms with Crippen LogP contribution in [0, 0.1) is 0 Å². The Balaban J connectivity index is 1.55. The quantitative estimate of drug-likeness (QED) is 0.598. The average molecular weight is 290 g/mol. The Labute approximate surface area is 118 Å². The van der Waals surface area contributed by atoms with Gasteiger partial charge >= 0.3 is 11.9 Å². The Morgan fingerprint density at radius 1 is 1.45 bits per heavy atom. The first-order chi connectivity index (χ1) is 9.49. The monoisotopic (exact) mass is 290 g/mol. The minimum Gasteiger partial charge on any atom is -0.456 e. The topological polar surface area (TPSA) is 41.6 Å². The minimum absolute atomic E-state index is 0.316. The van der Waals surface area contributed by atoms with Crippen molar-refractivity contribution in [2.45, 2.75) is 57.1 Å². The zero-order valence-corrected chi connectivity index (χ0v) is 12.0. The molecule has 0 aliphatic carbocycles. The molecule has 0 amide bonds. The summed E-state index contributed by atoms with van der Waals surface area (Å²) in [5.74, 6) is -4.68. The normalized spacial score (nSPS) is 30.4. The highest BCUT2D eigenvalue weighted by molar-refractivity contribution is 5.79. The lowest BCUT2D eigenvalue weighted by molar-refractivity contribution is -0.159. The fraction of sp³-hybridized carbons (Fsp3) is 0.929. The standard InChI is InChI=1S/C14H24F2N2O2/c1-11-5-2-3-7-18(11)8-4-6-17-10-12-9-14(15,16)13(19)20-12/h11-12,17H,2-10H2,1H3. The van der Waals surface area contributed by atoms with Crippen molar-refractivity contribution in [3.8, 4) is 0 Å². The van der Waals surface area contributed by atoms with Gasteiger partial charge in [0.15, 0.2) is 0 Å². The molecule has 0 aromatic rings. The minimum atomic E-state index is -3.30. The number of nitrogens with one attached hydrogen (secondary N) is 1. The lowest BCUT2D eigenvalue weighted by atomic mass is 10.0. The highest BCUT2D eigenvalue weighted by Crippen LogP contribution is 2.30. The largest absolute Gasteiger partial charge is 0.456 e. The third-order valence-electron chi connectivity index (χ3n) is 4.17. The highest BCUT2D eigenvalue weighted by Gasteiger charge is 2.50. The second-order valence-electron chi connectivity index (χ2n) is 5.87. The number of hydrogen-bond donors (Lipinski definition) is 1. The van der Waals surface area contributed by atoms with Crippen molar-refractivity contribution in [1.29, 1.82) is 0 Å².